The van der Waals surface area contributed by atoms with Gasteiger partial charge in [-0.05, 0) is 37.5 Å². The second-order valence-electron chi connectivity index (χ2n) is 6.21. The van der Waals surface area contributed by atoms with Gasteiger partial charge in [0, 0.05) is 12.1 Å². The van der Waals surface area contributed by atoms with Crippen molar-refractivity contribution in [3.63, 3.8) is 0 Å². The van der Waals surface area contributed by atoms with E-state index >= 15 is 0 Å². The Morgan fingerprint density at radius 2 is 2.14 bits per heavy atom. The molecule has 3 rings (SSSR count). The molecule has 1 fully saturated rings. The van der Waals surface area contributed by atoms with Crippen LogP contribution in [-0.2, 0) is 11.3 Å². The van der Waals surface area contributed by atoms with E-state index in [4.69, 9.17) is 15.2 Å². The number of nitrogens with one attached hydrogen (secondary N) is 1. The summed E-state index contributed by atoms with van der Waals surface area (Å²) in [6, 6.07) is 5.72. The topological polar surface area (TPSA) is 73.6 Å². The average Bonchev–Trinajstić information content (AvgIpc) is 2.91. The van der Waals surface area contributed by atoms with Crippen molar-refractivity contribution in [1.82, 2.24) is 5.32 Å². The zero-order valence-electron chi connectivity index (χ0n) is 12.8. The minimum Gasteiger partial charge on any atom is -0.454 e. The number of rotatable bonds is 3. The highest BCUT2D eigenvalue weighted by atomic mass is 35.5. The van der Waals surface area contributed by atoms with Crippen LogP contribution in [0.5, 0.6) is 11.5 Å². The van der Waals surface area contributed by atoms with Crippen molar-refractivity contribution in [3.8, 4) is 11.5 Å². The monoisotopic (exact) mass is 326 g/mol. The lowest BCUT2D eigenvalue weighted by Crippen LogP contribution is -2.52. The van der Waals surface area contributed by atoms with Crippen LogP contribution in [-0.4, -0.2) is 18.2 Å². The lowest BCUT2D eigenvalue weighted by Gasteiger charge is -2.37. The molecule has 0 bridgehead atoms. The first-order valence-electron chi connectivity index (χ1n) is 7.51. The molecule has 6 heteroatoms. The lowest BCUT2D eigenvalue weighted by molar-refractivity contribution is -0.128. The Morgan fingerprint density at radius 3 is 2.91 bits per heavy atom. The molecule has 1 heterocycles. The number of benzene rings is 1. The number of carbonyl (C=O) groups excluding carboxylic acids is 1. The van der Waals surface area contributed by atoms with Crippen molar-refractivity contribution < 1.29 is 14.3 Å². The van der Waals surface area contributed by atoms with E-state index in [0.717, 1.165) is 42.7 Å². The molecule has 2 atom stereocenters. The smallest absolute Gasteiger partial charge is 0.231 e. The Bertz CT molecular complexity index is 548. The van der Waals surface area contributed by atoms with Gasteiger partial charge in [0.15, 0.2) is 11.5 Å². The van der Waals surface area contributed by atoms with E-state index < -0.39 is 5.54 Å². The summed E-state index contributed by atoms with van der Waals surface area (Å²) in [5, 5.41) is 3.00. The van der Waals surface area contributed by atoms with Crippen molar-refractivity contribution in [2.75, 3.05) is 6.79 Å². The van der Waals surface area contributed by atoms with Gasteiger partial charge in [-0.3, -0.25) is 4.79 Å². The van der Waals surface area contributed by atoms with Crippen molar-refractivity contribution in [3.05, 3.63) is 23.8 Å². The molecule has 0 aromatic heterocycles. The molecule has 1 aliphatic heterocycles. The van der Waals surface area contributed by atoms with E-state index in [2.05, 4.69) is 5.32 Å². The zero-order chi connectivity index (χ0) is 14.9. The average molecular weight is 327 g/mol. The van der Waals surface area contributed by atoms with Crippen LogP contribution >= 0.6 is 12.4 Å². The zero-order valence-corrected chi connectivity index (χ0v) is 13.6. The number of nitrogens with two attached hydrogens (primary N) is 1. The summed E-state index contributed by atoms with van der Waals surface area (Å²) in [7, 11) is 0. The van der Waals surface area contributed by atoms with Crippen molar-refractivity contribution in [2.45, 2.75) is 44.7 Å². The SMILES string of the molecule is CC1(N)CCCCC1C(=O)NCc1ccc2c(c1)OCO2.Cl. The Labute approximate surface area is 137 Å². The van der Waals surface area contributed by atoms with Crippen LogP contribution in [0.3, 0.4) is 0 Å². The fourth-order valence-electron chi connectivity index (χ4n) is 3.15. The summed E-state index contributed by atoms with van der Waals surface area (Å²) < 4.78 is 10.6. The molecule has 2 aliphatic rings. The fraction of sp³-hybridized carbons (Fsp3) is 0.562. The first kappa shape index (κ1) is 16.9. The van der Waals surface area contributed by atoms with E-state index in [0.29, 0.717) is 6.54 Å². The van der Waals surface area contributed by atoms with E-state index in [1.165, 1.54) is 0 Å². The van der Waals surface area contributed by atoms with E-state index in [1.807, 2.05) is 25.1 Å². The quantitative estimate of drug-likeness (QED) is 0.894. The molecule has 1 aromatic carbocycles. The van der Waals surface area contributed by atoms with Gasteiger partial charge in [-0.25, -0.2) is 0 Å². The van der Waals surface area contributed by atoms with Gasteiger partial charge in [0.1, 0.15) is 0 Å². The molecule has 1 aliphatic carbocycles. The number of hydrogen-bond acceptors (Lipinski definition) is 4. The largest absolute Gasteiger partial charge is 0.454 e. The minimum absolute atomic E-state index is 0. The molecule has 1 aromatic rings. The number of amides is 1. The van der Waals surface area contributed by atoms with Crippen LogP contribution < -0.4 is 20.5 Å². The van der Waals surface area contributed by atoms with Gasteiger partial charge in [0.05, 0.1) is 5.92 Å². The molecule has 1 amide bonds. The number of ether oxygens (including phenoxy) is 2. The van der Waals surface area contributed by atoms with Gasteiger partial charge in [0.2, 0.25) is 12.7 Å². The van der Waals surface area contributed by atoms with E-state index in [-0.39, 0.29) is 31.0 Å². The molecule has 0 spiro atoms. The molecule has 0 saturated heterocycles. The molecule has 0 radical (unpaired) electrons. The Balaban J connectivity index is 0.00000176. The third-order valence-electron chi connectivity index (χ3n) is 4.47. The Hall–Kier alpha value is -1.46. The van der Waals surface area contributed by atoms with Crippen molar-refractivity contribution in [2.24, 2.45) is 11.7 Å². The molecule has 2 unspecified atom stereocenters. The summed E-state index contributed by atoms with van der Waals surface area (Å²) in [6.45, 7) is 2.73. The highest BCUT2D eigenvalue weighted by Gasteiger charge is 2.37. The maximum atomic E-state index is 12.4. The highest BCUT2D eigenvalue weighted by molar-refractivity contribution is 5.85. The summed E-state index contributed by atoms with van der Waals surface area (Å²) in [4.78, 5) is 12.4. The second-order valence-corrected chi connectivity index (χ2v) is 6.21. The maximum absolute atomic E-state index is 12.4. The van der Waals surface area contributed by atoms with Crippen LogP contribution in [0.2, 0.25) is 0 Å². The molecular weight excluding hydrogens is 304 g/mol. The Morgan fingerprint density at radius 1 is 1.36 bits per heavy atom. The van der Waals surface area contributed by atoms with E-state index in [9.17, 15) is 4.79 Å². The van der Waals surface area contributed by atoms with E-state index in [1.54, 1.807) is 0 Å². The lowest BCUT2D eigenvalue weighted by atomic mass is 9.74. The van der Waals surface area contributed by atoms with Crippen molar-refractivity contribution in [1.29, 1.82) is 0 Å². The molecular formula is C16H23ClN2O3. The van der Waals surface area contributed by atoms with Crippen LogP contribution in [0.1, 0.15) is 38.2 Å². The van der Waals surface area contributed by atoms with Gasteiger partial charge in [-0.1, -0.05) is 18.9 Å². The van der Waals surface area contributed by atoms with Gasteiger partial charge < -0.3 is 20.5 Å². The third-order valence-corrected chi connectivity index (χ3v) is 4.47. The number of fused-ring (bicyclic) bond motifs is 1. The molecule has 5 nitrogen and oxygen atoms in total. The first-order chi connectivity index (χ1) is 10.1. The standard InChI is InChI=1S/C16H22N2O3.ClH/c1-16(17)7-3-2-4-12(16)15(19)18-9-11-5-6-13-14(8-11)21-10-20-13;/h5-6,8,12H,2-4,7,9-10,17H2,1H3,(H,18,19);1H. The molecule has 122 valence electrons. The number of hydrogen-bond donors (Lipinski definition) is 2. The van der Waals surface area contributed by atoms with Gasteiger partial charge >= 0.3 is 0 Å². The Kier molecular flexibility index (Phi) is 5.19. The fourth-order valence-corrected chi connectivity index (χ4v) is 3.15. The second kappa shape index (κ2) is 6.75. The number of carbonyl (C=O) groups is 1. The minimum atomic E-state index is -0.392. The maximum Gasteiger partial charge on any atom is 0.231 e. The third kappa shape index (κ3) is 3.47. The summed E-state index contributed by atoms with van der Waals surface area (Å²) in [5.41, 5.74) is 6.88. The van der Waals surface area contributed by atoms with Crippen molar-refractivity contribution >= 4 is 18.3 Å². The first-order valence-corrected chi connectivity index (χ1v) is 7.51. The summed E-state index contributed by atoms with van der Waals surface area (Å²) in [5.74, 6) is 1.45. The predicted molar refractivity (Wildman–Crippen MR) is 86.2 cm³/mol. The summed E-state index contributed by atoms with van der Waals surface area (Å²) in [6.07, 6.45) is 3.98. The molecule has 3 N–H and O–H groups in total. The van der Waals surface area contributed by atoms with Gasteiger partial charge in [0.25, 0.3) is 0 Å². The molecule has 22 heavy (non-hydrogen) atoms. The number of halogens is 1. The van der Waals surface area contributed by atoms with Crippen LogP contribution in [0.4, 0.5) is 0 Å². The van der Waals surface area contributed by atoms with Gasteiger partial charge in [-0.2, -0.15) is 0 Å². The molecule has 1 saturated carbocycles. The summed E-state index contributed by atoms with van der Waals surface area (Å²) >= 11 is 0. The van der Waals surface area contributed by atoms with Crippen LogP contribution in [0, 0.1) is 5.92 Å². The predicted octanol–water partition coefficient (Wildman–Crippen LogP) is 2.36. The van der Waals surface area contributed by atoms with Gasteiger partial charge in [-0.15, -0.1) is 12.4 Å². The highest BCUT2D eigenvalue weighted by Crippen LogP contribution is 2.33. The van der Waals surface area contributed by atoms with Crippen LogP contribution in [0.25, 0.3) is 0 Å². The van der Waals surface area contributed by atoms with Crippen LogP contribution in [0.15, 0.2) is 18.2 Å². The normalized spacial score (nSPS) is 26.2.